The summed E-state index contributed by atoms with van der Waals surface area (Å²) in [7, 11) is -3.77. The number of imide groups is 1. The van der Waals surface area contributed by atoms with Crippen molar-refractivity contribution in [3.63, 3.8) is 0 Å². The number of sulfonamides is 1. The Kier molecular flexibility index (Phi) is 6.91. The number of amides is 2. The number of nitrogens with zero attached hydrogens (tertiary/aromatic N) is 2. The third-order valence-corrected chi connectivity index (χ3v) is 9.26. The van der Waals surface area contributed by atoms with Gasteiger partial charge in [0, 0.05) is 13.1 Å². The molecule has 0 spiro atoms. The molecule has 2 atom stereocenters. The summed E-state index contributed by atoms with van der Waals surface area (Å²) in [6.07, 6.45) is 4.29. The summed E-state index contributed by atoms with van der Waals surface area (Å²) in [5.74, 6) is -1.25. The van der Waals surface area contributed by atoms with E-state index < -0.39 is 10.0 Å². The summed E-state index contributed by atoms with van der Waals surface area (Å²) in [5, 5.41) is 0. The second-order valence-electron chi connectivity index (χ2n) is 9.29. The van der Waals surface area contributed by atoms with Crippen LogP contribution in [-0.4, -0.2) is 55.1 Å². The Morgan fingerprint density at radius 3 is 2.21 bits per heavy atom. The van der Waals surface area contributed by atoms with Crippen molar-refractivity contribution in [2.45, 2.75) is 63.8 Å². The van der Waals surface area contributed by atoms with E-state index in [4.69, 9.17) is 4.74 Å². The summed E-state index contributed by atoms with van der Waals surface area (Å²) in [6.45, 7) is 4.41. The van der Waals surface area contributed by atoms with Crippen LogP contribution in [0.25, 0.3) is 0 Å². The fourth-order valence-electron chi connectivity index (χ4n) is 5.32. The number of fused-ring (bicyclic) bond motifs is 1. The molecule has 4 rings (SSSR count). The van der Waals surface area contributed by atoms with E-state index in [-0.39, 0.29) is 60.1 Å². The number of carbonyl (C=O) groups excluding carboxylic acids is 3. The van der Waals surface area contributed by atoms with Crippen LogP contribution < -0.4 is 0 Å². The van der Waals surface area contributed by atoms with Crippen LogP contribution >= 0.6 is 0 Å². The summed E-state index contributed by atoms with van der Waals surface area (Å²) >= 11 is 0. The molecule has 1 aromatic carbocycles. The largest absolute Gasteiger partial charge is 0.466 e. The maximum absolute atomic E-state index is 13.4. The molecule has 3 aliphatic rings. The van der Waals surface area contributed by atoms with Crippen LogP contribution in [0.2, 0.25) is 0 Å². The molecule has 2 saturated heterocycles. The van der Waals surface area contributed by atoms with Gasteiger partial charge in [0.1, 0.15) is 0 Å². The van der Waals surface area contributed by atoms with Gasteiger partial charge in [0.2, 0.25) is 21.8 Å². The number of esters is 1. The van der Waals surface area contributed by atoms with E-state index in [1.54, 1.807) is 32.0 Å². The quantitative estimate of drug-likeness (QED) is 0.462. The Morgan fingerprint density at radius 1 is 1.03 bits per heavy atom. The van der Waals surface area contributed by atoms with Gasteiger partial charge >= 0.3 is 5.97 Å². The van der Waals surface area contributed by atoms with Gasteiger partial charge in [0.05, 0.1) is 35.8 Å². The normalized spacial score (nSPS) is 24.7. The number of ether oxygens (including phenoxy) is 1. The summed E-state index contributed by atoms with van der Waals surface area (Å²) in [4.78, 5) is 39.1. The van der Waals surface area contributed by atoms with Crippen LogP contribution in [0.1, 0.15) is 56.6 Å². The van der Waals surface area contributed by atoms with Crippen LogP contribution in [0.4, 0.5) is 0 Å². The first-order valence-corrected chi connectivity index (χ1v) is 13.3. The Morgan fingerprint density at radius 2 is 1.64 bits per heavy atom. The maximum Gasteiger partial charge on any atom is 0.309 e. The van der Waals surface area contributed by atoms with Crippen molar-refractivity contribution >= 4 is 27.8 Å². The van der Waals surface area contributed by atoms with Gasteiger partial charge in [0.25, 0.3) is 0 Å². The van der Waals surface area contributed by atoms with Crippen molar-refractivity contribution in [3.05, 3.63) is 29.3 Å². The Hall–Kier alpha value is -2.26. The van der Waals surface area contributed by atoms with Gasteiger partial charge in [-0.15, -0.1) is 0 Å². The first kappa shape index (κ1) is 23.9. The van der Waals surface area contributed by atoms with E-state index in [0.29, 0.717) is 30.6 Å². The van der Waals surface area contributed by atoms with Crippen LogP contribution in [0.5, 0.6) is 0 Å². The van der Waals surface area contributed by atoms with Gasteiger partial charge in [-0.25, -0.2) is 8.42 Å². The zero-order chi connectivity index (χ0) is 23.8. The predicted octanol–water partition coefficient (Wildman–Crippen LogP) is 2.63. The molecule has 1 aliphatic carbocycles. The second kappa shape index (κ2) is 9.54. The zero-order valence-corrected chi connectivity index (χ0v) is 20.1. The third kappa shape index (κ3) is 4.57. The molecule has 0 bridgehead atoms. The standard InChI is InChI=1S/C24H32N2O6S/c1-3-32-24(29)18-10-12-25(13-11-18)33(30,31)21-14-17(9-8-16(21)2)15-26-22(27)19-6-4-5-7-20(19)23(26)28/h8-9,14,18-20H,3-7,10-13,15H2,1-2H3/t19-,20-/m1/s1. The highest BCUT2D eigenvalue weighted by Crippen LogP contribution is 2.39. The number of hydrogen-bond acceptors (Lipinski definition) is 6. The topological polar surface area (TPSA) is 101 Å². The maximum atomic E-state index is 13.4. The smallest absolute Gasteiger partial charge is 0.309 e. The summed E-state index contributed by atoms with van der Waals surface area (Å²) in [6, 6.07) is 5.10. The van der Waals surface area contributed by atoms with Gasteiger partial charge in [-0.2, -0.15) is 4.31 Å². The minimum atomic E-state index is -3.77. The lowest BCUT2D eigenvalue weighted by Crippen LogP contribution is -2.40. The molecule has 3 fully saturated rings. The minimum absolute atomic E-state index is 0.0956. The van der Waals surface area contributed by atoms with Gasteiger partial charge in [-0.05, 0) is 56.7 Å². The number of carbonyl (C=O) groups is 3. The summed E-state index contributed by atoms with van der Waals surface area (Å²) in [5.41, 5.74) is 1.24. The molecule has 0 N–H and O–H groups in total. The molecule has 8 nitrogen and oxygen atoms in total. The summed E-state index contributed by atoms with van der Waals surface area (Å²) < 4.78 is 33.3. The van der Waals surface area contributed by atoms with Crippen molar-refractivity contribution in [2.75, 3.05) is 19.7 Å². The average Bonchev–Trinajstić information content (AvgIpc) is 3.05. The Bertz CT molecular complexity index is 1020. The molecule has 180 valence electrons. The van der Waals surface area contributed by atoms with Crippen molar-refractivity contribution in [1.29, 1.82) is 0 Å². The third-order valence-electron chi connectivity index (χ3n) is 7.22. The lowest BCUT2D eigenvalue weighted by atomic mass is 9.81. The number of likely N-dealkylation sites (tertiary alicyclic amines) is 1. The molecule has 1 aromatic rings. The molecule has 0 aromatic heterocycles. The van der Waals surface area contributed by atoms with E-state index in [1.807, 2.05) is 0 Å². The minimum Gasteiger partial charge on any atom is -0.466 e. The SMILES string of the molecule is CCOC(=O)C1CCN(S(=O)(=O)c2cc(CN3C(=O)[C@@H]4CCCC[C@H]4C3=O)ccc2C)CC1. The average molecular weight is 477 g/mol. The van der Waals surface area contributed by atoms with Crippen LogP contribution in [-0.2, 0) is 35.7 Å². The fourth-order valence-corrected chi connectivity index (χ4v) is 7.07. The Labute approximate surface area is 195 Å². The lowest BCUT2D eigenvalue weighted by molar-refractivity contribution is -0.149. The van der Waals surface area contributed by atoms with E-state index in [0.717, 1.165) is 25.7 Å². The van der Waals surface area contributed by atoms with E-state index in [9.17, 15) is 22.8 Å². The van der Waals surface area contributed by atoms with E-state index in [2.05, 4.69) is 0 Å². The number of piperidine rings is 1. The second-order valence-corrected chi connectivity index (χ2v) is 11.2. The van der Waals surface area contributed by atoms with Crippen LogP contribution in [0.3, 0.4) is 0 Å². The monoisotopic (exact) mass is 476 g/mol. The highest BCUT2D eigenvalue weighted by atomic mass is 32.2. The van der Waals surface area contributed by atoms with Gasteiger partial charge < -0.3 is 4.74 Å². The van der Waals surface area contributed by atoms with E-state index >= 15 is 0 Å². The highest BCUT2D eigenvalue weighted by Gasteiger charge is 2.48. The van der Waals surface area contributed by atoms with Crippen LogP contribution in [0, 0.1) is 24.7 Å². The molecular weight excluding hydrogens is 444 g/mol. The molecule has 0 radical (unpaired) electrons. The highest BCUT2D eigenvalue weighted by molar-refractivity contribution is 7.89. The fraction of sp³-hybridized carbons (Fsp3) is 0.625. The molecular formula is C24H32N2O6S. The molecule has 2 amide bonds. The molecule has 1 saturated carbocycles. The number of rotatable bonds is 6. The van der Waals surface area contributed by atoms with Gasteiger partial charge in [-0.1, -0.05) is 25.0 Å². The molecule has 2 aliphatic heterocycles. The van der Waals surface area contributed by atoms with Crippen molar-refractivity contribution in [2.24, 2.45) is 17.8 Å². The zero-order valence-electron chi connectivity index (χ0n) is 19.3. The molecule has 9 heteroatoms. The van der Waals surface area contributed by atoms with Crippen molar-refractivity contribution in [3.8, 4) is 0 Å². The lowest BCUT2D eigenvalue weighted by Gasteiger charge is -2.30. The van der Waals surface area contributed by atoms with Crippen LogP contribution in [0.15, 0.2) is 23.1 Å². The van der Waals surface area contributed by atoms with Crippen molar-refractivity contribution in [1.82, 2.24) is 9.21 Å². The number of aryl methyl sites for hydroxylation is 1. The molecule has 33 heavy (non-hydrogen) atoms. The first-order valence-electron chi connectivity index (χ1n) is 11.9. The molecule has 0 unspecified atom stereocenters. The van der Waals surface area contributed by atoms with Gasteiger partial charge in [0.15, 0.2) is 0 Å². The first-order chi connectivity index (χ1) is 15.7. The number of benzene rings is 1. The van der Waals surface area contributed by atoms with Crippen molar-refractivity contribution < 1.29 is 27.5 Å². The predicted molar refractivity (Wildman–Crippen MR) is 120 cm³/mol. The molecule has 2 heterocycles. The number of hydrogen-bond donors (Lipinski definition) is 0. The van der Waals surface area contributed by atoms with E-state index in [1.165, 1.54) is 9.21 Å². The van der Waals surface area contributed by atoms with Gasteiger partial charge in [-0.3, -0.25) is 19.3 Å². The Balaban J connectivity index is 1.50.